The number of hydrogen-bond acceptors (Lipinski definition) is 8. The lowest BCUT2D eigenvalue weighted by molar-refractivity contribution is 0.262. The number of amides is 2. The SMILES string of the molecule is CC(C)(C)c1cc(NC(=O)Nc2ccc(-c3cn4c(n3)sc3nc(N)ncc34)cc2)no1. The molecule has 5 aromatic rings. The van der Waals surface area contributed by atoms with Crippen LogP contribution in [0.25, 0.3) is 26.6 Å². The molecule has 4 heterocycles. The van der Waals surface area contributed by atoms with Gasteiger partial charge in [-0.15, -0.1) is 0 Å². The minimum atomic E-state index is -0.403. The molecule has 0 atom stereocenters. The fourth-order valence-corrected chi connectivity index (χ4v) is 4.10. The summed E-state index contributed by atoms with van der Waals surface area (Å²) in [4.78, 5) is 26.9. The summed E-state index contributed by atoms with van der Waals surface area (Å²) in [5.41, 5.74) is 8.70. The van der Waals surface area contributed by atoms with E-state index in [-0.39, 0.29) is 11.4 Å². The van der Waals surface area contributed by atoms with E-state index < -0.39 is 6.03 Å². The van der Waals surface area contributed by atoms with Gasteiger partial charge in [0.25, 0.3) is 0 Å². The molecule has 0 unspecified atom stereocenters. The summed E-state index contributed by atoms with van der Waals surface area (Å²) < 4.78 is 7.22. The highest BCUT2D eigenvalue weighted by molar-refractivity contribution is 7.23. The molecule has 10 nitrogen and oxygen atoms in total. The molecule has 4 N–H and O–H groups in total. The summed E-state index contributed by atoms with van der Waals surface area (Å²) in [6.07, 6.45) is 3.62. The molecular weight excluding hydrogens is 428 g/mol. The molecule has 0 saturated carbocycles. The third kappa shape index (κ3) is 3.73. The Hall–Kier alpha value is -3.99. The summed E-state index contributed by atoms with van der Waals surface area (Å²) in [5.74, 6) is 1.30. The van der Waals surface area contributed by atoms with E-state index in [1.807, 2.05) is 55.6 Å². The van der Waals surface area contributed by atoms with Crippen LogP contribution in [0.15, 0.2) is 47.2 Å². The molecule has 0 radical (unpaired) electrons. The van der Waals surface area contributed by atoms with E-state index in [2.05, 4.69) is 30.7 Å². The normalized spacial score (nSPS) is 11.8. The number of fused-ring (bicyclic) bond motifs is 3. The van der Waals surface area contributed by atoms with Crippen molar-refractivity contribution in [2.24, 2.45) is 0 Å². The van der Waals surface area contributed by atoms with E-state index in [4.69, 9.17) is 10.3 Å². The molecule has 1 aromatic carbocycles. The zero-order valence-electron chi connectivity index (χ0n) is 17.6. The van der Waals surface area contributed by atoms with Gasteiger partial charge in [0, 0.05) is 28.9 Å². The van der Waals surface area contributed by atoms with E-state index in [0.717, 1.165) is 26.6 Å². The zero-order valence-corrected chi connectivity index (χ0v) is 18.4. The molecule has 0 saturated heterocycles. The van der Waals surface area contributed by atoms with Crippen LogP contribution in [-0.4, -0.2) is 30.5 Å². The minimum Gasteiger partial charge on any atom is -0.368 e. The van der Waals surface area contributed by atoms with Crippen molar-refractivity contribution >= 4 is 50.1 Å². The second kappa shape index (κ2) is 7.31. The Morgan fingerprint density at radius 3 is 2.66 bits per heavy atom. The van der Waals surface area contributed by atoms with Gasteiger partial charge in [-0.05, 0) is 12.1 Å². The minimum absolute atomic E-state index is 0.187. The van der Waals surface area contributed by atoms with Crippen LogP contribution >= 0.6 is 11.3 Å². The number of hydrogen-bond donors (Lipinski definition) is 3. The van der Waals surface area contributed by atoms with Crippen molar-refractivity contribution in [1.82, 2.24) is 24.5 Å². The second-order valence-electron chi connectivity index (χ2n) is 8.28. The second-order valence-corrected chi connectivity index (χ2v) is 9.24. The standard InChI is InChI=1S/C21H20N8O2S/c1-21(2,3)15-8-16(28-31-15)26-19(30)24-12-6-4-11(5-7-12)13-10-29-14-9-23-18(22)27-17(14)32-20(29)25-13/h4-10H,1-3H3,(H2,22,23,27)(H2,24,26,28,30). The van der Waals surface area contributed by atoms with Crippen LogP contribution in [0.5, 0.6) is 0 Å². The molecule has 5 rings (SSSR count). The quantitative estimate of drug-likeness (QED) is 0.369. The first-order valence-corrected chi connectivity index (χ1v) is 10.6. The summed E-state index contributed by atoms with van der Waals surface area (Å²) >= 11 is 1.45. The van der Waals surface area contributed by atoms with Crippen LogP contribution in [0, 0.1) is 0 Å². The van der Waals surface area contributed by atoms with Crippen molar-refractivity contribution < 1.29 is 9.32 Å². The first-order valence-electron chi connectivity index (χ1n) is 9.82. The van der Waals surface area contributed by atoms with Crippen LogP contribution in [0.4, 0.5) is 22.2 Å². The molecule has 0 bridgehead atoms. The van der Waals surface area contributed by atoms with Gasteiger partial charge in [-0.3, -0.25) is 9.72 Å². The van der Waals surface area contributed by atoms with Gasteiger partial charge in [0.1, 0.15) is 16.1 Å². The molecule has 0 fully saturated rings. The number of nitrogens with zero attached hydrogens (tertiary/aromatic N) is 5. The fourth-order valence-electron chi connectivity index (χ4n) is 3.14. The van der Waals surface area contributed by atoms with Gasteiger partial charge < -0.3 is 15.6 Å². The molecule has 2 amide bonds. The Kier molecular flexibility index (Phi) is 4.55. The van der Waals surface area contributed by atoms with Gasteiger partial charge in [-0.2, -0.15) is 0 Å². The summed E-state index contributed by atoms with van der Waals surface area (Å²) in [7, 11) is 0. The number of urea groups is 1. The van der Waals surface area contributed by atoms with Crippen LogP contribution in [-0.2, 0) is 5.41 Å². The highest BCUT2D eigenvalue weighted by Gasteiger charge is 2.20. The monoisotopic (exact) mass is 448 g/mol. The number of carbonyl (C=O) groups is 1. The molecule has 162 valence electrons. The van der Waals surface area contributed by atoms with Crippen LogP contribution < -0.4 is 16.4 Å². The Labute approximate surface area is 186 Å². The first-order chi connectivity index (χ1) is 15.3. The smallest absolute Gasteiger partial charge is 0.324 e. The van der Waals surface area contributed by atoms with Crippen molar-refractivity contribution in [2.75, 3.05) is 16.4 Å². The van der Waals surface area contributed by atoms with Crippen molar-refractivity contribution in [3.8, 4) is 11.3 Å². The summed E-state index contributed by atoms with van der Waals surface area (Å²) in [6, 6.07) is 8.73. The molecule has 4 aromatic heterocycles. The van der Waals surface area contributed by atoms with Crippen molar-refractivity contribution in [3.05, 3.63) is 48.5 Å². The number of thiazole rings is 1. The number of imidazole rings is 1. The van der Waals surface area contributed by atoms with Crippen molar-refractivity contribution in [1.29, 1.82) is 0 Å². The molecule has 0 aliphatic rings. The molecule has 0 spiro atoms. The number of carbonyl (C=O) groups excluding carboxylic acids is 1. The average molecular weight is 449 g/mol. The predicted molar refractivity (Wildman–Crippen MR) is 124 cm³/mol. The number of aromatic nitrogens is 5. The number of nitrogens with two attached hydrogens (primary N) is 1. The highest BCUT2D eigenvalue weighted by atomic mass is 32.1. The fraction of sp³-hybridized carbons (Fsp3) is 0.190. The van der Waals surface area contributed by atoms with Crippen molar-refractivity contribution in [3.63, 3.8) is 0 Å². The summed E-state index contributed by atoms with van der Waals surface area (Å²) in [5, 5.41) is 9.35. The van der Waals surface area contributed by atoms with Gasteiger partial charge in [0.05, 0.1) is 11.9 Å². The molecule has 32 heavy (non-hydrogen) atoms. The van der Waals surface area contributed by atoms with Crippen LogP contribution in [0.1, 0.15) is 26.5 Å². The lowest BCUT2D eigenvalue weighted by Crippen LogP contribution is -2.19. The Bertz CT molecular complexity index is 1440. The number of anilines is 3. The molecule has 0 aliphatic heterocycles. The van der Waals surface area contributed by atoms with Gasteiger partial charge in [-0.25, -0.2) is 19.7 Å². The van der Waals surface area contributed by atoms with Gasteiger partial charge in [0.2, 0.25) is 5.95 Å². The van der Waals surface area contributed by atoms with E-state index in [1.54, 1.807) is 12.3 Å². The number of nitrogen functional groups attached to an aromatic ring is 1. The van der Waals surface area contributed by atoms with Crippen LogP contribution in [0.3, 0.4) is 0 Å². The third-order valence-electron chi connectivity index (χ3n) is 4.80. The maximum absolute atomic E-state index is 12.3. The number of benzene rings is 1. The third-order valence-corrected chi connectivity index (χ3v) is 5.77. The maximum Gasteiger partial charge on any atom is 0.324 e. The Morgan fingerprint density at radius 2 is 1.94 bits per heavy atom. The zero-order chi connectivity index (χ0) is 22.5. The summed E-state index contributed by atoms with van der Waals surface area (Å²) in [6.45, 7) is 6.03. The number of rotatable bonds is 3. The molecule has 11 heteroatoms. The van der Waals surface area contributed by atoms with Gasteiger partial charge in [-0.1, -0.05) is 49.4 Å². The average Bonchev–Trinajstić information content (AvgIpc) is 3.42. The lowest BCUT2D eigenvalue weighted by Gasteiger charge is -2.12. The first kappa shape index (κ1) is 19.9. The van der Waals surface area contributed by atoms with E-state index in [9.17, 15) is 4.79 Å². The van der Waals surface area contributed by atoms with E-state index in [0.29, 0.717) is 17.3 Å². The van der Waals surface area contributed by atoms with Crippen LogP contribution in [0.2, 0.25) is 0 Å². The maximum atomic E-state index is 12.3. The molecular formula is C21H20N8O2S. The van der Waals surface area contributed by atoms with E-state index >= 15 is 0 Å². The highest BCUT2D eigenvalue weighted by Crippen LogP contribution is 2.29. The largest absolute Gasteiger partial charge is 0.368 e. The van der Waals surface area contributed by atoms with Gasteiger partial charge in [0.15, 0.2) is 10.8 Å². The van der Waals surface area contributed by atoms with E-state index in [1.165, 1.54) is 11.3 Å². The predicted octanol–water partition coefficient (Wildman–Crippen LogP) is 4.52. The molecule has 0 aliphatic carbocycles. The van der Waals surface area contributed by atoms with Crippen molar-refractivity contribution in [2.45, 2.75) is 26.2 Å². The number of nitrogens with one attached hydrogen (secondary N) is 2. The van der Waals surface area contributed by atoms with Gasteiger partial charge >= 0.3 is 6.03 Å². The lowest BCUT2D eigenvalue weighted by atomic mass is 9.93. The Morgan fingerprint density at radius 1 is 1.16 bits per heavy atom. The Balaban J connectivity index is 1.29. The topological polar surface area (TPSA) is 136 Å².